The van der Waals surface area contributed by atoms with Gasteiger partial charge in [0.05, 0.1) is 11.4 Å². The quantitative estimate of drug-likeness (QED) is 0.687. The van der Waals surface area contributed by atoms with E-state index in [1.54, 1.807) is 6.07 Å². The average molecular weight is 460 g/mol. The number of amides is 3. The molecule has 1 aromatic rings. The topological polar surface area (TPSA) is 76.2 Å². The Hall–Kier alpha value is -2.10. The van der Waals surface area contributed by atoms with Crippen molar-refractivity contribution in [1.82, 2.24) is 20.0 Å². The van der Waals surface area contributed by atoms with Crippen LogP contribution in [-0.2, 0) is 9.59 Å². The van der Waals surface area contributed by atoms with E-state index in [1.165, 1.54) is 16.7 Å². The van der Waals surface area contributed by atoms with Gasteiger partial charge in [0.25, 0.3) is 5.91 Å². The fourth-order valence-electron chi connectivity index (χ4n) is 4.41. The van der Waals surface area contributed by atoms with Crippen LogP contribution in [0.1, 0.15) is 29.6 Å². The lowest BCUT2D eigenvalue weighted by atomic mass is 10.1. The van der Waals surface area contributed by atoms with Crippen molar-refractivity contribution in [2.24, 2.45) is 0 Å². The van der Waals surface area contributed by atoms with Gasteiger partial charge in [-0.15, -0.1) is 11.8 Å². The minimum absolute atomic E-state index is 0.00657. The molecule has 2 saturated heterocycles. The van der Waals surface area contributed by atoms with Crippen LogP contribution >= 0.6 is 11.8 Å². The molecule has 3 aliphatic heterocycles. The van der Waals surface area contributed by atoms with Gasteiger partial charge in [0.1, 0.15) is 6.54 Å². The summed E-state index contributed by atoms with van der Waals surface area (Å²) in [7, 11) is 2.12. The highest BCUT2D eigenvalue weighted by atomic mass is 32.2. The van der Waals surface area contributed by atoms with E-state index in [2.05, 4.69) is 22.2 Å². The highest BCUT2D eigenvalue weighted by Crippen LogP contribution is 2.36. The van der Waals surface area contributed by atoms with Crippen LogP contribution < -0.4 is 10.2 Å². The molecule has 0 bridgehead atoms. The third-order valence-corrected chi connectivity index (χ3v) is 7.49. The molecule has 0 atom stereocenters. The zero-order valence-corrected chi connectivity index (χ0v) is 19.7. The van der Waals surface area contributed by atoms with Gasteiger partial charge < -0.3 is 20.0 Å². The van der Waals surface area contributed by atoms with Gasteiger partial charge in [-0.05, 0) is 44.5 Å². The summed E-state index contributed by atoms with van der Waals surface area (Å²) < 4.78 is 0. The number of fused-ring (bicyclic) bond motifs is 1. The molecule has 1 aromatic carbocycles. The Bertz CT molecular complexity index is 850. The molecule has 32 heavy (non-hydrogen) atoms. The van der Waals surface area contributed by atoms with Crippen LogP contribution in [0.15, 0.2) is 23.1 Å². The largest absolute Gasteiger partial charge is 0.353 e. The van der Waals surface area contributed by atoms with Gasteiger partial charge >= 0.3 is 0 Å². The van der Waals surface area contributed by atoms with Gasteiger partial charge in [-0.1, -0.05) is 0 Å². The Balaban J connectivity index is 1.37. The van der Waals surface area contributed by atoms with Crippen molar-refractivity contribution in [3.05, 3.63) is 23.8 Å². The zero-order chi connectivity index (χ0) is 22.5. The maximum Gasteiger partial charge on any atom is 0.253 e. The number of hydrogen-bond acceptors (Lipinski definition) is 6. The molecule has 0 spiro atoms. The number of rotatable bonds is 6. The van der Waals surface area contributed by atoms with Gasteiger partial charge in [-0.3, -0.25) is 19.3 Å². The molecular weight excluding hydrogens is 426 g/mol. The van der Waals surface area contributed by atoms with Crippen LogP contribution in [-0.4, -0.2) is 104 Å². The number of nitrogens with zero attached hydrogens (tertiary/aromatic N) is 4. The standard InChI is InChI=1S/C23H33N5O3S/c1-25-11-13-26(14-12-25)10-7-24-21(29)16-28-19-15-18(5-6-20(19)32-17-22(28)30)23(31)27-8-3-2-4-9-27/h5-6,15H,2-4,7-14,16-17H2,1H3,(H,24,29). The summed E-state index contributed by atoms with van der Waals surface area (Å²) in [5.74, 6) is 0.0468. The zero-order valence-electron chi connectivity index (χ0n) is 18.8. The van der Waals surface area contributed by atoms with E-state index in [9.17, 15) is 14.4 Å². The third kappa shape index (κ3) is 5.63. The Labute approximate surface area is 194 Å². The van der Waals surface area contributed by atoms with Gasteiger partial charge in [0.15, 0.2) is 0 Å². The first-order chi connectivity index (χ1) is 15.5. The molecule has 8 nitrogen and oxygen atoms in total. The van der Waals surface area contributed by atoms with Crippen LogP contribution in [0, 0.1) is 0 Å². The second-order valence-corrected chi connectivity index (χ2v) is 9.82. The van der Waals surface area contributed by atoms with Gasteiger partial charge in [0, 0.05) is 62.8 Å². The lowest BCUT2D eigenvalue weighted by Gasteiger charge is -2.32. The minimum atomic E-state index is -0.168. The van der Waals surface area contributed by atoms with Crippen LogP contribution in [0.4, 0.5) is 5.69 Å². The molecular formula is C23H33N5O3S. The van der Waals surface area contributed by atoms with Gasteiger partial charge in [-0.2, -0.15) is 0 Å². The number of carbonyl (C=O) groups is 3. The maximum atomic E-state index is 12.9. The van der Waals surface area contributed by atoms with Crippen LogP contribution in [0.25, 0.3) is 0 Å². The highest BCUT2D eigenvalue weighted by molar-refractivity contribution is 8.00. The van der Waals surface area contributed by atoms with Crippen molar-refractivity contribution in [3.63, 3.8) is 0 Å². The van der Waals surface area contributed by atoms with Crippen LogP contribution in [0.2, 0.25) is 0 Å². The number of thioether (sulfide) groups is 1. The van der Waals surface area contributed by atoms with Crippen molar-refractivity contribution in [1.29, 1.82) is 0 Å². The van der Waals surface area contributed by atoms with Crippen molar-refractivity contribution >= 4 is 35.2 Å². The number of benzene rings is 1. The second kappa shape index (κ2) is 10.7. The Kier molecular flexibility index (Phi) is 7.70. The van der Waals surface area contributed by atoms with Crippen molar-refractivity contribution in [2.75, 3.05) is 76.6 Å². The summed E-state index contributed by atoms with van der Waals surface area (Å²) >= 11 is 1.46. The number of nitrogens with one attached hydrogen (secondary N) is 1. The number of piperidine rings is 1. The number of anilines is 1. The molecule has 4 rings (SSSR count). The van der Waals surface area contributed by atoms with E-state index >= 15 is 0 Å². The molecule has 0 aromatic heterocycles. The molecule has 0 radical (unpaired) electrons. The first-order valence-electron chi connectivity index (χ1n) is 11.6. The molecule has 3 amide bonds. The fraction of sp³-hybridized carbons (Fsp3) is 0.609. The molecule has 0 saturated carbocycles. The van der Waals surface area contributed by atoms with Crippen LogP contribution in [0.3, 0.4) is 0 Å². The lowest BCUT2D eigenvalue weighted by Crippen LogP contribution is -2.48. The summed E-state index contributed by atoms with van der Waals surface area (Å²) in [6.45, 7) is 7.04. The van der Waals surface area contributed by atoms with Crippen molar-refractivity contribution < 1.29 is 14.4 Å². The maximum absolute atomic E-state index is 12.9. The van der Waals surface area contributed by atoms with E-state index in [4.69, 9.17) is 0 Å². The van der Waals surface area contributed by atoms with E-state index < -0.39 is 0 Å². The summed E-state index contributed by atoms with van der Waals surface area (Å²) in [6, 6.07) is 5.53. The van der Waals surface area contributed by atoms with Crippen LogP contribution in [0.5, 0.6) is 0 Å². The summed E-state index contributed by atoms with van der Waals surface area (Å²) in [5.41, 5.74) is 1.25. The Morgan fingerprint density at radius 1 is 1.03 bits per heavy atom. The molecule has 2 fully saturated rings. The SMILES string of the molecule is CN1CCN(CCNC(=O)CN2C(=O)CSc3ccc(C(=O)N4CCCCC4)cc32)CC1. The number of carbonyl (C=O) groups excluding carboxylic acids is 3. The van der Waals surface area contributed by atoms with Crippen molar-refractivity contribution in [2.45, 2.75) is 24.2 Å². The number of likely N-dealkylation sites (tertiary alicyclic amines) is 1. The number of likely N-dealkylation sites (N-methyl/N-ethyl adjacent to an activating group) is 1. The molecule has 174 valence electrons. The van der Waals surface area contributed by atoms with E-state index in [1.807, 2.05) is 17.0 Å². The summed E-state index contributed by atoms with van der Waals surface area (Å²) in [5, 5.41) is 2.96. The number of hydrogen-bond donors (Lipinski definition) is 1. The normalized spacial score (nSPS) is 20.2. The first kappa shape index (κ1) is 23.1. The van der Waals surface area contributed by atoms with E-state index in [-0.39, 0.29) is 24.3 Å². The molecule has 9 heteroatoms. The average Bonchev–Trinajstić information content (AvgIpc) is 2.82. The highest BCUT2D eigenvalue weighted by Gasteiger charge is 2.28. The second-order valence-electron chi connectivity index (χ2n) is 8.80. The van der Waals surface area contributed by atoms with Gasteiger partial charge in [-0.25, -0.2) is 0 Å². The third-order valence-electron chi connectivity index (χ3n) is 6.44. The van der Waals surface area contributed by atoms with E-state index in [0.29, 0.717) is 23.5 Å². The molecule has 3 aliphatic rings. The minimum Gasteiger partial charge on any atom is -0.353 e. The summed E-state index contributed by atoms with van der Waals surface area (Å²) in [4.78, 5) is 47.2. The monoisotopic (exact) mass is 459 g/mol. The predicted octanol–water partition coefficient (Wildman–Crippen LogP) is 1.12. The fourth-order valence-corrected chi connectivity index (χ4v) is 5.33. The van der Waals surface area contributed by atoms with Gasteiger partial charge in [0.2, 0.25) is 11.8 Å². The van der Waals surface area contributed by atoms with E-state index in [0.717, 1.165) is 70.0 Å². The summed E-state index contributed by atoms with van der Waals surface area (Å²) in [6.07, 6.45) is 3.23. The predicted molar refractivity (Wildman–Crippen MR) is 126 cm³/mol. The molecule has 0 aliphatic carbocycles. The molecule has 0 unspecified atom stereocenters. The number of piperazine rings is 1. The Morgan fingerprint density at radius 3 is 2.53 bits per heavy atom. The smallest absolute Gasteiger partial charge is 0.253 e. The first-order valence-corrected chi connectivity index (χ1v) is 12.5. The van der Waals surface area contributed by atoms with Crippen molar-refractivity contribution in [3.8, 4) is 0 Å². The lowest BCUT2D eigenvalue weighted by molar-refractivity contribution is -0.123. The Morgan fingerprint density at radius 2 is 1.78 bits per heavy atom. The molecule has 1 N–H and O–H groups in total. The molecule has 3 heterocycles.